The first-order chi connectivity index (χ1) is 12.6. The van der Waals surface area contributed by atoms with Crippen LogP contribution in [0.4, 0.5) is 5.69 Å². The average molecular weight is 403 g/mol. The van der Waals surface area contributed by atoms with Gasteiger partial charge in [0.1, 0.15) is 4.83 Å². The number of carbonyl (C=O) groups excluding carboxylic acids is 1. The van der Waals surface area contributed by atoms with Gasteiger partial charge in [-0.05, 0) is 35.9 Å². The number of anilines is 1. The van der Waals surface area contributed by atoms with Gasteiger partial charge in [-0.2, -0.15) is 0 Å². The highest BCUT2D eigenvalue weighted by Crippen LogP contribution is 2.30. The number of aryl methyl sites for hydroxylation is 1. The number of hydrogen-bond donors (Lipinski definition) is 1. The molecule has 0 radical (unpaired) electrons. The highest BCUT2D eigenvalue weighted by molar-refractivity contribution is 8.00. The molecule has 0 aliphatic carbocycles. The molecule has 0 aliphatic rings. The van der Waals surface area contributed by atoms with Crippen LogP contribution in [-0.4, -0.2) is 26.7 Å². The molecule has 4 aromatic rings. The molecule has 0 aliphatic heterocycles. The maximum atomic E-state index is 12.3. The summed E-state index contributed by atoms with van der Waals surface area (Å²) in [5.74, 6) is -0.142. The van der Waals surface area contributed by atoms with Crippen molar-refractivity contribution in [3.05, 3.63) is 46.3 Å². The second-order valence-electron chi connectivity index (χ2n) is 5.55. The number of rotatable bonds is 5. The lowest BCUT2D eigenvalue weighted by atomic mass is 10.3. The van der Waals surface area contributed by atoms with E-state index < -0.39 is 0 Å². The Kier molecular flexibility index (Phi) is 4.75. The van der Waals surface area contributed by atoms with Gasteiger partial charge in [-0.25, -0.2) is 9.97 Å². The van der Waals surface area contributed by atoms with E-state index in [1.807, 2.05) is 29.8 Å². The third-order valence-electron chi connectivity index (χ3n) is 3.86. The molecule has 3 heterocycles. The molecule has 4 rings (SSSR count). The van der Waals surface area contributed by atoms with Gasteiger partial charge in [-0.1, -0.05) is 11.8 Å². The van der Waals surface area contributed by atoms with Crippen molar-refractivity contribution in [1.29, 1.82) is 0 Å². The lowest BCUT2D eigenvalue weighted by molar-refractivity contribution is -0.116. The number of nitrogens with zero attached hydrogens (tertiary/aromatic N) is 3. The smallest absolute Gasteiger partial charge is 0.262 e. The van der Waals surface area contributed by atoms with E-state index in [9.17, 15) is 9.59 Å². The summed E-state index contributed by atoms with van der Waals surface area (Å²) in [4.78, 5) is 34.0. The van der Waals surface area contributed by atoms with E-state index >= 15 is 0 Å². The van der Waals surface area contributed by atoms with E-state index in [-0.39, 0.29) is 17.9 Å². The molecule has 1 aromatic carbocycles. The number of carbonyl (C=O) groups is 1. The predicted molar refractivity (Wildman–Crippen MR) is 109 cm³/mol. The van der Waals surface area contributed by atoms with Crippen LogP contribution in [0.25, 0.3) is 20.4 Å². The second-order valence-corrected chi connectivity index (χ2v) is 8.53. The number of hydrogen-bond acceptors (Lipinski definition) is 7. The number of thiazole rings is 1. The molecular weight excluding hydrogens is 388 g/mol. The minimum absolute atomic E-state index is 0.111. The van der Waals surface area contributed by atoms with Gasteiger partial charge in [0.25, 0.3) is 5.56 Å². The number of nitrogens with one attached hydrogen (secondary N) is 1. The van der Waals surface area contributed by atoms with Crippen molar-refractivity contribution in [3.63, 3.8) is 0 Å². The van der Waals surface area contributed by atoms with Crippen molar-refractivity contribution in [2.75, 3.05) is 11.6 Å². The number of benzene rings is 1. The summed E-state index contributed by atoms with van der Waals surface area (Å²) in [6.45, 7) is 0.295. The van der Waals surface area contributed by atoms with Gasteiger partial charge >= 0.3 is 0 Å². The highest BCUT2D eigenvalue weighted by Gasteiger charge is 2.09. The number of thioether (sulfide) groups is 1. The van der Waals surface area contributed by atoms with E-state index in [0.29, 0.717) is 11.9 Å². The highest BCUT2D eigenvalue weighted by atomic mass is 32.2. The molecule has 6 nitrogen and oxygen atoms in total. The Bertz CT molecular complexity index is 1160. The normalized spacial score (nSPS) is 11.3. The van der Waals surface area contributed by atoms with Crippen molar-refractivity contribution in [2.45, 2.75) is 17.3 Å². The van der Waals surface area contributed by atoms with E-state index in [2.05, 4.69) is 15.3 Å². The van der Waals surface area contributed by atoms with Gasteiger partial charge < -0.3 is 5.32 Å². The lowest BCUT2D eigenvalue weighted by Gasteiger charge is -2.07. The Morgan fingerprint density at radius 3 is 3.08 bits per heavy atom. The number of thiophene rings is 1. The SMILES string of the molecule is CSc1nc2ccc(NC(=O)CCn3cnc4sccc4c3=O)cc2s1. The van der Waals surface area contributed by atoms with Crippen molar-refractivity contribution >= 4 is 66.5 Å². The molecule has 3 aromatic heterocycles. The fraction of sp³-hybridized carbons (Fsp3) is 0.176. The first-order valence-corrected chi connectivity index (χ1v) is 10.7. The van der Waals surface area contributed by atoms with Crippen LogP contribution in [0.1, 0.15) is 6.42 Å². The molecule has 132 valence electrons. The van der Waals surface area contributed by atoms with Gasteiger partial charge in [-0.3, -0.25) is 14.2 Å². The molecule has 9 heteroatoms. The quantitative estimate of drug-likeness (QED) is 0.514. The molecule has 26 heavy (non-hydrogen) atoms. The Morgan fingerprint density at radius 1 is 1.35 bits per heavy atom. The number of fused-ring (bicyclic) bond motifs is 2. The zero-order valence-electron chi connectivity index (χ0n) is 13.8. The zero-order valence-corrected chi connectivity index (χ0v) is 16.2. The van der Waals surface area contributed by atoms with E-state index in [4.69, 9.17) is 0 Å². The van der Waals surface area contributed by atoms with Gasteiger partial charge in [0, 0.05) is 18.7 Å². The van der Waals surface area contributed by atoms with Crippen molar-refractivity contribution in [3.8, 4) is 0 Å². The average Bonchev–Trinajstić information content (AvgIpc) is 3.27. The Labute approximate surface area is 160 Å². The minimum Gasteiger partial charge on any atom is -0.326 e. The molecule has 1 amide bonds. The fourth-order valence-electron chi connectivity index (χ4n) is 2.57. The van der Waals surface area contributed by atoms with Crippen LogP contribution in [0.15, 0.2) is 45.1 Å². The van der Waals surface area contributed by atoms with E-state index in [0.717, 1.165) is 25.1 Å². The Balaban J connectivity index is 1.44. The van der Waals surface area contributed by atoms with Crippen LogP contribution in [0.3, 0.4) is 0 Å². The summed E-state index contributed by atoms with van der Waals surface area (Å²) < 4.78 is 3.51. The summed E-state index contributed by atoms with van der Waals surface area (Å²) in [6.07, 6.45) is 3.69. The topological polar surface area (TPSA) is 76.9 Å². The Morgan fingerprint density at radius 2 is 2.23 bits per heavy atom. The fourth-order valence-corrected chi connectivity index (χ4v) is 4.82. The maximum absolute atomic E-state index is 12.3. The Hall–Kier alpha value is -2.23. The molecular formula is C17H14N4O2S3. The first-order valence-electron chi connectivity index (χ1n) is 7.81. The predicted octanol–water partition coefficient (Wildman–Crippen LogP) is 3.82. The molecule has 0 saturated heterocycles. The van der Waals surface area contributed by atoms with Gasteiger partial charge in [-0.15, -0.1) is 22.7 Å². The first kappa shape index (κ1) is 17.2. The number of aromatic nitrogens is 3. The van der Waals surface area contributed by atoms with Gasteiger partial charge in [0.2, 0.25) is 5.91 Å². The van der Waals surface area contributed by atoms with Gasteiger partial charge in [0.15, 0.2) is 4.34 Å². The second kappa shape index (κ2) is 7.18. The molecule has 0 fully saturated rings. The largest absolute Gasteiger partial charge is 0.326 e. The monoisotopic (exact) mass is 402 g/mol. The molecule has 0 saturated carbocycles. The summed E-state index contributed by atoms with van der Waals surface area (Å²) >= 11 is 4.64. The third kappa shape index (κ3) is 3.37. The van der Waals surface area contributed by atoms with Crippen molar-refractivity contribution < 1.29 is 4.79 Å². The van der Waals surface area contributed by atoms with Crippen LogP contribution in [0.5, 0.6) is 0 Å². The third-order valence-corrected chi connectivity index (χ3v) is 6.68. The molecule has 0 bridgehead atoms. The molecule has 1 N–H and O–H groups in total. The lowest BCUT2D eigenvalue weighted by Crippen LogP contribution is -2.23. The molecule has 0 atom stereocenters. The standard InChI is InChI=1S/C17H14N4O2S3/c1-24-17-20-12-3-2-10(8-13(12)26-17)19-14(22)4-6-21-9-18-15-11(16(21)23)5-7-25-15/h2-3,5,7-9H,4,6H2,1H3,(H,19,22). The summed E-state index contributed by atoms with van der Waals surface area (Å²) in [6, 6.07) is 7.43. The van der Waals surface area contributed by atoms with Crippen LogP contribution in [0, 0.1) is 0 Å². The van der Waals surface area contributed by atoms with E-state index in [1.54, 1.807) is 29.2 Å². The molecule has 0 spiro atoms. The van der Waals surface area contributed by atoms with E-state index in [1.165, 1.54) is 22.2 Å². The van der Waals surface area contributed by atoms with Crippen molar-refractivity contribution in [1.82, 2.24) is 14.5 Å². The summed E-state index contributed by atoms with van der Waals surface area (Å²) in [5.41, 5.74) is 1.55. The van der Waals surface area contributed by atoms with Crippen LogP contribution in [-0.2, 0) is 11.3 Å². The summed E-state index contributed by atoms with van der Waals surface area (Å²) in [7, 11) is 0. The van der Waals surface area contributed by atoms with Crippen LogP contribution >= 0.6 is 34.4 Å². The molecule has 0 unspecified atom stereocenters. The van der Waals surface area contributed by atoms with Gasteiger partial charge in [0.05, 0.1) is 21.9 Å². The summed E-state index contributed by atoms with van der Waals surface area (Å²) in [5, 5.41) is 5.32. The van der Waals surface area contributed by atoms with Crippen LogP contribution < -0.4 is 10.9 Å². The zero-order chi connectivity index (χ0) is 18.1. The number of amides is 1. The van der Waals surface area contributed by atoms with Crippen molar-refractivity contribution in [2.24, 2.45) is 0 Å². The van der Waals surface area contributed by atoms with Crippen LogP contribution in [0.2, 0.25) is 0 Å². The maximum Gasteiger partial charge on any atom is 0.262 e. The minimum atomic E-state index is -0.142.